The van der Waals surface area contributed by atoms with E-state index >= 15 is 0 Å². The lowest BCUT2D eigenvalue weighted by Gasteiger charge is -2.33. The van der Waals surface area contributed by atoms with Gasteiger partial charge in [-0.25, -0.2) is 0 Å². The third-order valence-electron chi connectivity index (χ3n) is 3.58. The van der Waals surface area contributed by atoms with Crippen molar-refractivity contribution in [3.8, 4) is 6.07 Å². The molecule has 1 aromatic carbocycles. The molecule has 0 radical (unpaired) electrons. The van der Waals surface area contributed by atoms with Crippen LogP contribution < -0.4 is 10.6 Å². The number of nitrogens with two attached hydrogens (primary N) is 1. The molecule has 0 amide bonds. The van der Waals surface area contributed by atoms with Gasteiger partial charge < -0.3 is 10.6 Å². The van der Waals surface area contributed by atoms with Crippen molar-refractivity contribution >= 4 is 28.6 Å². The van der Waals surface area contributed by atoms with Gasteiger partial charge in [-0.15, -0.1) is 11.3 Å². The number of thiophene rings is 1. The van der Waals surface area contributed by atoms with Crippen LogP contribution in [0.3, 0.4) is 0 Å². The molecule has 2 atom stereocenters. The molecule has 0 aliphatic rings. The van der Waals surface area contributed by atoms with Gasteiger partial charge in [-0.05, 0) is 42.8 Å². The highest BCUT2D eigenvalue weighted by molar-refractivity contribution is 7.16. The maximum atomic E-state index is 8.89. The van der Waals surface area contributed by atoms with E-state index in [1.54, 1.807) is 11.3 Å². The second kappa shape index (κ2) is 6.95. The lowest BCUT2D eigenvalue weighted by molar-refractivity contribution is 0.516. The van der Waals surface area contributed by atoms with Crippen LogP contribution in [0.15, 0.2) is 36.4 Å². The van der Waals surface area contributed by atoms with Crippen molar-refractivity contribution in [1.82, 2.24) is 0 Å². The summed E-state index contributed by atoms with van der Waals surface area (Å²) < 4.78 is 0.770. The highest BCUT2D eigenvalue weighted by Crippen LogP contribution is 2.34. The lowest BCUT2D eigenvalue weighted by atomic mass is 10.0. The van der Waals surface area contributed by atoms with Gasteiger partial charge in [-0.2, -0.15) is 5.26 Å². The second-order valence-electron chi connectivity index (χ2n) is 4.93. The van der Waals surface area contributed by atoms with Gasteiger partial charge in [-0.1, -0.05) is 18.5 Å². The van der Waals surface area contributed by atoms with Crippen molar-refractivity contribution in [3.05, 3.63) is 51.2 Å². The highest BCUT2D eigenvalue weighted by atomic mass is 35.5. The summed E-state index contributed by atoms with van der Waals surface area (Å²) in [6.07, 6.45) is 0.876. The summed E-state index contributed by atoms with van der Waals surface area (Å²) >= 11 is 7.63. The standard InChI is InChI=1S/C16H18ClN3S/c1-3-13(19)16(14-8-9-15(17)21-14)20(2)12-6-4-11(10-18)5-7-12/h4-9,13,16H,3,19H2,1-2H3. The summed E-state index contributed by atoms with van der Waals surface area (Å²) in [5.41, 5.74) is 8.01. The van der Waals surface area contributed by atoms with Crippen molar-refractivity contribution < 1.29 is 0 Å². The molecule has 21 heavy (non-hydrogen) atoms. The molecule has 2 rings (SSSR count). The molecule has 0 aliphatic carbocycles. The largest absolute Gasteiger partial charge is 0.365 e. The van der Waals surface area contributed by atoms with E-state index in [-0.39, 0.29) is 12.1 Å². The van der Waals surface area contributed by atoms with Crippen LogP contribution in [0.2, 0.25) is 4.34 Å². The first kappa shape index (κ1) is 15.8. The summed E-state index contributed by atoms with van der Waals surface area (Å²) in [6, 6.07) is 13.7. The first-order valence-electron chi connectivity index (χ1n) is 6.80. The molecular weight excluding hydrogens is 302 g/mol. The van der Waals surface area contributed by atoms with E-state index in [4.69, 9.17) is 22.6 Å². The first-order valence-corrected chi connectivity index (χ1v) is 8.00. The molecule has 0 fully saturated rings. The summed E-state index contributed by atoms with van der Waals surface area (Å²) in [7, 11) is 2.02. The van der Waals surface area contributed by atoms with Crippen LogP contribution in [-0.2, 0) is 0 Å². The highest BCUT2D eigenvalue weighted by Gasteiger charge is 2.25. The lowest BCUT2D eigenvalue weighted by Crippen LogP contribution is -2.38. The Labute approximate surface area is 134 Å². The number of hydrogen-bond acceptors (Lipinski definition) is 4. The smallest absolute Gasteiger partial charge is 0.0991 e. The Bertz CT molecular complexity index is 630. The Kier molecular flexibility index (Phi) is 5.24. The molecule has 0 saturated heterocycles. The number of benzene rings is 1. The fourth-order valence-electron chi connectivity index (χ4n) is 2.33. The summed E-state index contributed by atoms with van der Waals surface area (Å²) in [6.45, 7) is 2.08. The average molecular weight is 320 g/mol. The van der Waals surface area contributed by atoms with Crippen LogP contribution in [0.25, 0.3) is 0 Å². The van der Waals surface area contributed by atoms with Crippen molar-refractivity contribution in [2.75, 3.05) is 11.9 Å². The monoisotopic (exact) mass is 319 g/mol. The third kappa shape index (κ3) is 3.56. The topological polar surface area (TPSA) is 53.0 Å². The fraction of sp³-hybridized carbons (Fsp3) is 0.312. The Balaban J connectivity index is 2.33. The summed E-state index contributed by atoms with van der Waals surface area (Å²) in [5, 5.41) is 8.89. The quantitative estimate of drug-likeness (QED) is 0.899. The van der Waals surface area contributed by atoms with Gasteiger partial charge in [-0.3, -0.25) is 0 Å². The number of rotatable bonds is 5. The van der Waals surface area contributed by atoms with Gasteiger partial charge in [0.05, 0.1) is 22.0 Å². The molecule has 2 unspecified atom stereocenters. The van der Waals surface area contributed by atoms with Crippen molar-refractivity contribution in [2.45, 2.75) is 25.4 Å². The van der Waals surface area contributed by atoms with Gasteiger partial charge >= 0.3 is 0 Å². The first-order chi connectivity index (χ1) is 10.1. The Morgan fingerprint density at radius 1 is 1.29 bits per heavy atom. The van der Waals surface area contributed by atoms with E-state index in [1.165, 1.54) is 0 Å². The normalized spacial score (nSPS) is 13.5. The zero-order valence-corrected chi connectivity index (χ0v) is 13.7. The summed E-state index contributed by atoms with van der Waals surface area (Å²) in [5.74, 6) is 0. The van der Waals surface area contributed by atoms with Crippen molar-refractivity contribution in [1.29, 1.82) is 5.26 Å². The van der Waals surface area contributed by atoms with E-state index < -0.39 is 0 Å². The minimum Gasteiger partial charge on any atom is -0.365 e. The molecular formula is C16H18ClN3S. The van der Waals surface area contributed by atoms with Gasteiger partial charge in [0.15, 0.2) is 0 Å². The third-order valence-corrected chi connectivity index (χ3v) is 4.89. The molecule has 0 saturated carbocycles. The van der Waals surface area contributed by atoms with Gasteiger partial charge in [0, 0.05) is 23.7 Å². The predicted molar refractivity (Wildman–Crippen MR) is 89.9 cm³/mol. The maximum Gasteiger partial charge on any atom is 0.0991 e. The zero-order valence-electron chi connectivity index (χ0n) is 12.1. The maximum absolute atomic E-state index is 8.89. The number of likely N-dealkylation sites (N-methyl/N-ethyl adjacent to an activating group) is 1. The van der Waals surface area contributed by atoms with Crippen LogP contribution in [0.5, 0.6) is 0 Å². The van der Waals surface area contributed by atoms with Crippen LogP contribution in [-0.4, -0.2) is 13.1 Å². The van der Waals surface area contributed by atoms with Crippen LogP contribution in [0.1, 0.15) is 29.8 Å². The van der Waals surface area contributed by atoms with E-state index in [0.29, 0.717) is 5.56 Å². The van der Waals surface area contributed by atoms with Gasteiger partial charge in [0.2, 0.25) is 0 Å². The molecule has 0 aliphatic heterocycles. The second-order valence-corrected chi connectivity index (χ2v) is 6.68. The van der Waals surface area contributed by atoms with Crippen LogP contribution in [0, 0.1) is 11.3 Å². The summed E-state index contributed by atoms with van der Waals surface area (Å²) in [4.78, 5) is 3.30. The number of nitrogens with zero attached hydrogens (tertiary/aromatic N) is 2. The Hall–Kier alpha value is -1.54. The van der Waals surface area contributed by atoms with E-state index in [9.17, 15) is 0 Å². The van der Waals surface area contributed by atoms with E-state index in [2.05, 4.69) is 17.9 Å². The molecule has 2 aromatic rings. The van der Waals surface area contributed by atoms with Crippen molar-refractivity contribution in [3.63, 3.8) is 0 Å². The van der Waals surface area contributed by atoms with Gasteiger partial charge in [0.25, 0.3) is 0 Å². The number of halogens is 1. The number of anilines is 1. The Morgan fingerprint density at radius 3 is 2.43 bits per heavy atom. The number of hydrogen-bond donors (Lipinski definition) is 1. The van der Waals surface area contributed by atoms with Crippen molar-refractivity contribution in [2.24, 2.45) is 5.73 Å². The molecule has 1 heterocycles. The van der Waals surface area contributed by atoms with Crippen LogP contribution >= 0.6 is 22.9 Å². The molecule has 2 N–H and O–H groups in total. The fourth-order valence-corrected chi connectivity index (χ4v) is 3.61. The molecule has 1 aromatic heterocycles. The molecule has 5 heteroatoms. The SMILES string of the molecule is CCC(N)C(c1ccc(Cl)s1)N(C)c1ccc(C#N)cc1. The minimum absolute atomic E-state index is 0.0142. The molecule has 0 spiro atoms. The zero-order chi connectivity index (χ0) is 15.4. The molecule has 0 bridgehead atoms. The molecule has 110 valence electrons. The number of nitriles is 1. The minimum atomic E-state index is 0.0142. The van der Waals surface area contributed by atoms with E-state index in [0.717, 1.165) is 21.3 Å². The van der Waals surface area contributed by atoms with E-state index in [1.807, 2.05) is 43.4 Å². The van der Waals surface area contributed by atoms with Gasteiger partial charge in [0.1, 0.15) is 0 Å². The average Bonchev–Trinajstić information content (AvgIpc) is 2.93. The molecule has 3 nitrogen and oxygen atoms in total. The predicted octanol–water partition coefficient (Wildman–Crippen LogP) is 4.19. The van der Waals surface area contributed by atoms with Crippen LogP contribution in [0.4, 0.5) is 5.69 Å². The Morgan fingerprint density at radius 2 is 1.95 bits per heavy atom.